The predicted molar refractivity (Wildman–Crippen MR) is 83.8 cm³/mol. The monoisotopic (exact) mass is 282 g/mol. The lowest BCUT2D eigenvalue weighted by atomic mass is 9.96. The van der Waals surface area contributed by atoms with Crippen molar-refractivity contribution in [2.24, 2.45) is 11.0 Å². The summed E-state index contributed by atoms with van der Waals surface area (Å²) < 4.78 is 5.55. The minimum Gasteiger partial charge on any atom is -0.480 e. The molecule has 1 unspecified atom stereocenters. The van der Waals surface area contributed by atoms with Crippen molar-refractivity contribution in [2.75, 3.05) is 6.61 Å². The number of carbonyl (C=O) groups excluding carboxylic acids is 1. The Morgan fingerprint density at radius 3 is 3.05 bits per heavy atom. The number of ether oxygens (including phenoxy) is 1. The van der Waals surface area contributed by atoms with E-state index in [1.807, 2.05) is 44.2 Å². The second kappa shape index (κ2) is 6.76. The molecular formula is C17H18N2O2. The molecule has 0 aromatic heterocycles. The molecule has 1 aromatic carbocycles. The van der Waals surface area contributed by atoms with Gasteiger partial charge in [0.25, 0.3) is 0 Å². The van der Waals surface area contributed by atoms with Crippen LogP contribution in [0.4, 0.5) is 0 Å². The number of carbonyl (C=O) groups is 1. The normalized spacial score (nSPS) is 18.5. The summed E-state index contributed by atoms with van der Waals surface area (Å²) >= 11 is 0. The average Bonchev–Trinajstić information content (AvgIpc) is 2.48. The molecule has 1 aliphatic heterocycles. The van der Waals surface area contributed by atoms with Crippen molar-refractivity contribution < 1.29 is 9.53 Å². The van der Waals surface area contributed by atoms with Crippen LogP contribution in [0.3, 0.4) is 0 Å². The Labute approximate surface area is 124 Å². The Bertz CT molecular complexity index is 638. The molecule has 4 nitrogen and oxygen atoms in total. The van der Waals surface area contributed by atoms with E-state index < -0.39 is 0 Å². The van der Waals surface area contributed by atoms with Gasteiger partial charge in [0.15, 0.2) is 0 Å². The first-order valence-electron chi connectivity index (χ1n) is 6.82. The number of amides is 1. The van der Waals surface area contributed by atoms with E-state index in [0.717, 1.165) is 22.6 Å². The first-order chi connectivity index (χ1) is 10.1. The van der Waals surface area contributed by atoms with Crippen molar-refractivity contribution in [1.29, 1.82) is 0 Å². The lowest BCUT2D eigenvalue weighted by molar-refractivity contribution is -0.121. The molecule has 108 valence electrons. The number of hydrazone groups is 1. The fraction of sp³-hybridized carbons (Fsp3) is 0.294. The lowest BCUT2D eigenvalue weighted by Gasteiger charge is -2.17. The van der Waals surface area contributed by atoms with Crippen LogP contribution in [0, 0.1) is 18.3 Å². The van der Waals surface area contributed by atoms with E-state index in [2.05, 4.69) is 16.4 Å². The van der Waals surface area contributed by atoms with Crippen LogP contribution in [0.25, 0.3) is 5.57 Å². The van der Waals surface area contributed by atoms with Gasteiger partial charge in [0.05, 0.1) is 5.71 Å². The molecule has 1 atom stereocenters. The highest BCUT2D eigenvalue weighted by molar-refractivity contribution is 6.05. The van der Waals surface area contributed by atoms with Crippen LogP contribution >= 0.6 is 0 Å². The number of para-hydroxylation sites is 1. The summed E-state index contributed by atoms with van der Waals surface area (Å²) in [6, 6.07) is 7.72. The minimum absolute atomic E-state index is 0.0462. The number of benzene rings is 1. The summed E-state index contributed by atoms with van der Waals surface area (Å²) in [5.41, 5.74) is 5.36. The van der Waals surface area contributed by atoms with Gasteiger partial charge in [-0.2, -0.15) is 5.10 Å². The standard InChI is InChI=1S/C17H18N2O2/c1-4-9-21-16-8-6-5-7-14(16)12(2)10-15-13(3)11-17(20)19-18-15/h1,5-8,10,13H,9,11H2,2-3H3,(H,19,20). The van der Waals surface area contributed by atoms with E-state index in [1.54, 1.807) is 0 Å². The van der Waals surface area contributed by atoms with Crippen molar-refractivity contribution in [2.45, 2.75) is 20.3 Å². The minimum atomic E-state index is -0.0462. The Balaban J connectivity index is 2.27. The van der Waals surface area contributed by atoms with Gasteiger partial charge in [0.1, 0.15) is 12.4 Å². The van der Waals surface area contributed by atoms with Crippen molar-refractivity contribution in [3.8, 4) is 18.1 Å². The molecule has 1 N–H and O–H groups in total. The number of rotatable bonds is 4. The molecule has 1 heterocycles. The van der Waals surface area contributed by atoms with Gasteiger partial charge in [-0.3, -0.25) is 4.79 Å². The number of hydrogen-bond donors (Lipinski definition) is 1. The fourth-order valence-corrected chi connectivity index (χ4v) is 2.18. The van der Waals surface area contributed by atoms with E-state index in [1.165, 1.54) is 0 Å². The maximum Gasteiger partial charge on any atom is 0.240 e. The molecule has 21 heavy (non-hydrogen) atoms. The smallest absolute Gasteiger partial charge is 0.240 e. The molecule has 1 amide bonds. The third-order valence-electron chi connectivity index (χ3n) is 3.29. The summed E-state index contributed by atoms with van der Waals surface area (Å²) in [6.45, 7) is 4.21. The van der Waals surface area contributed by atoms with Crippen molar-refractivity contribution in [1.82, 2.24) is 5.43 Å². The average molecular weight is 282 g/mol. The maximum atomic E-state index is 11.3. The van der Waals surface area contributed by atoms with Gasteiger partial charge < -0.3 is 4.74 Å². The summed E-state index contributed by atoms with van der Waals surface area (Å²) in [5, 5.41) is 4.12. The third kappa shape index (κ3) is 3.73. The van der Waals surface area contributed by atoms with Gasteiger partial charge in [0.2, 0.25) is 5.91 Å². The molecule has 1 aliphatic rings. The van der Waals surface area contributed by atoms with Crippen LogP contribution in [-0.2, 0) is 4.79 Å². The van der Waals surface area contributed by atoms with Gasteiger partial charge in [-0.25, -0.2) is 5.43 Å². The predicted octanol–water partition coefficient (Wildman–Crippen LogP) is 2.61. The summed E-state index contributed by atoms with van der Waals surface area (Å²) in [6.07, 6.45) is 7.66. The van der Waals surface area contributed by atoms with E-state index >= 15 is 0 Å². The van der Waals surface area contributed by atoms with Gasteiger partial charge in [-0.15, -0.1) is 6.42 Å². The number of nitrogens with one attached hydrogen (secondary N) is 1. The van der Waals surface area contributed by atoms with E-state index in [4.69, 9.17) is 11.2 Å². The van der Waals surface area contributed by atoms with Crippen LogP contribution in [0.2, 0.25) is 0 Å². The highest BCUT2D eigenvalue weighted by Gasteiger charge is 2.19. The molecule has 0 saturated carbocycles. The molecule has 0 aliphatic carbocycles. The zero-order valence-corrected chi connectivity index (χ0v) is 12.2. The van der Waals surface area contributed by atoms with Gasteiger partial charge in [-0.05, 0) is 24.6 Å². The Morgan fingerprint density at radius 1 is 1.57 bits per heavy atom. The molecule has 4 heteroatoms. The van der Waals surface area contributed by atoms with Crippen LogP contribution in [-0.4, -0.2) is 18.2 Å². The lowest BCUT2D eigenvalue weighted by Crippen LogP contribution is -2.30. The second-order valence-electron chi connectivity index (χ2n) is 4.99. The van der Waals surface area contributed by atoms with Crippen LogP contribution in [0.5, 0.6) is 5.75 Å². The van der Waals surface area contributed by atoms with E-state index in [-0.39, 0.29) is 18.4 Å². The molecule has 0 bridgehead atoms. The molecule has 0 saturated heterocycles. The zero-order chi connectivity index (χ0) is 15.2. The van der Waals surface area contributed by atoms with Crippen LogP contribution < -0.4 is 10.2 Å². The number of allylic oxidation sites excluding steroid dienone is 2. The van der Waals surface area contributed by atoms with Gasteiger partial charge >= 0.3 is 0 Å². The number of nitrogens with zero attached hydrogens (tertiary/aromatic N) is 1. The largest absolute Gasteiger partial charge is 0.480 e. The van der Waals surface area contributed by atoms with Gasteiger partial charge in [0, 0.05) is 17.9 Å². The van der Waals surface area contributed by atoms with Crippen molar-refractivity contribution in [3.05, 3.63) is 35.9 Å². The van der Waals surface area contributed by atoms with E-state index in [9.17, 15) is 4.79 Å². The molecule has 2 rings (SSSR count). The SMILES string of the molecule is C#CCOc1ccccc1C(C)=CC1=NNC(=O)CC1C. The third-order valence-corrected chi connectivity index (χ3v) is 3.29. The topological polar surface area (TPSA) is 50.7 Å². The van der Waals surface area contributed by atoms with E-state index in [0.29, 0.717) is 6.42 Å². The van der Waals surface area contributed by atoms with Crippen molar-refractivity contribution >= 4 is 17.2 Å². The molecule has 1 aromatic rings. The maximum absolute atomic E-state index is 11.3. The summed E-state index contributed by atoms with van der Waals surface area (Å²) in [7, 11) is 0. The fourth-order valence-electron chi connectivity index (χ4n) is 2.18. The van der Waals surface area contributed by atoms with Crippen LogP contribution in [0.1, 0.15) is 25.8 Å². The van der Waals surface area contributed by atoms with Gasteiger partial charge in [-0.1, -0.05) is 31.0 Å². The zero-order valence-electron chi connectivity index (χ0n) is 12.2. The summed E-state index contributed by atoms with van der Waals surface area (Å²) in [4.78, 5) is 11.3. The highest BCUT2D eigenvalue weighted by Crippen LogP contribution is 2.26. The first kappa shape index (κ1) is 14.9. The number of hydrogen-bond acceptors (Lipinski definition) is 3. The van der Waals surface area contributed by atoms with Crippen LogP contribution in [0.15, 0.2) is 35.4 Å². The van der Waals surface area contributed by atoms with Crippen molar-refractivity contribution in [3.63, 3.8) is 0 Å². The Morgan fingerprint density at radius 2 is 2.33 bits per heavy atom. The highest BCUT2D eigenvalue weighted by atomic mass is 16.5. The second-order valence-corrected chi connectivity index (χ2v) is 4.99. The molecular weight excluding hydrogens is 264 g/mol. The number of terminal acetylenes is 1. The first-order valence-corrected chi connectivity index (χ1v) is 6.82. The molecule has 0 fully saturated rings. The quantitative estimate of drug-likeness (QED) is 0.863. The molecule has 0 spiro atoms. The summed E-state index contributed by atoms with van der Waals surface area (Å²) in [5.74, 6) is 3.27. The Hall–Kier alpha value is -2.54. The Kier molecular flexibility index (Phi) is 4.78. The molecule has 0 radical (unpaired) electrons.